The number of hydrogen-bond donors (Lipinski definition) is 0. The first kappa shape index (κ1) is 6.78. The molecular formula is C7H5N3O2. The molecule has 0 aliphatic heterocycles. The topological polar surface area (TPSA) is 66.8 Å². The Morgan fingerprint density at radius 3 is 2.83 bits per heavy atom. The third-order valence-corrected chi connectivity index (χ3v) is 1.56. The summed E-state index contributed by atoms with van der Waals surface area (Å²) in [6, 6.07) is 1.61. The van der Waals surface area contributed by atoms with Crippen molar-refractivity contribution in [1.82, 2.24) is 5.10 Å². The predicted molar refractivity (Wildman–Crippen MR) is 39.7 cm³/mol. The number of aromatic nitrogens is 3. The van der Waals surface area contributed by atoms with Gasteiger partial charge in [0.05, 0.1) is 0 Å². The molecule has 2 heterocycles. The van der Waals surface area contributed by atoms with Crippen LogP contribution in [0.4, 0.5) is 0 Å². The third-order valence-electron chi connectivity index (χ3n) is 1.56. The maximum Gasteiger partial charge on any atom is 0.223 e. The minimum absolute atomic E-state index is 0.419. The van der Waals surface area contributed by atoms with Gasteiger partial charge in [-0.25, -0.2) is 0 Å². The molecule has 5 nitrogen and oxygen atoms in total. The molecule has 0 saturated heterocycles. The summed E-state index contributed by atoms with van der Waals surface area (Å²) in [5.41, 5.74) is 0. The maximum atomic E-state index is 10.8. The summed E-state index contributed by atoms with van der Waals surface area (Å²) < 4.78 is 0.641. The van der Waals surface area contributed by atoms with Gasteiger partial charge in [-0.05, 0) is 0 Å². The molecule has 5 heteroatoms. The van der Waals surface area contributed by atoms with Crippen LogP contribution < -0.4 is 9.58 Å². The Bertz CT molecular complexity index is 393. The fourth-order valence-electron chi connectivity index (χ4n) is 1.00. The van der Waals surface area contributed by atoms with Crippen LogP contribution in [-0.2, 0) is 0 Å². The molecule has 0 spiro atoms. The number of rotatable bonds is 0. The molecule has 0 aliphatic rings. The van der Waals surface area contributed by atoms with Crippen LogP contribution in [0.3, 0.4) is 0 Å². The minimum Gasteiger partial charge on any atom is -0.619 e. The van der Waals surface area contributed by atoms with Crippen LogP contribution in [0, 0.1) is 10.4 Å². The van der Waals surface area contributed by atoms with Gasteiger partial charge in [-0.1, -0.05) is 4.85 Å². The highest BCUT2D eigenvalue weighted by molar-refractivity contribution is 5.77. The summed E-state index contributed by atoms with van der Waals surface area (Å²) in [5.74, 6) is 0. The highest BCUT2D eigenvalue weighted by Gasteiger charge is 2.01. The van der Waals surface area contributed by atoms with Crippen molar-refractivity contribution < 1.29 is 9.58 Å². The molecule has 0 aromatic carbocycles. The van der Waals surface area contributed by atoms with Gasteiger partial charge in [-0.2, -0.15) is 4.73 Å². The standard InChI is InChI=1S/C7H5N3O2/c11-9-2-1-6-3-8-10(12)5-7(6)4-9/h1-5H. The average Bonchev–Trinajstić information content (AvgIpc) is 2.03. The van der Waals surface area contributed by atoms with Gasteiger partial charge in [-0.3, -0.25) is 0 Å². The highest BCUT2D eigenvalue weighted by Crippen LogP contribution is 2.04. The van der Waals surface area contributed by atoms with Crippen molar-refractivity contribution in [2.75, 3.05) is 0 Å². The summed E-state index contributed by atoms with van der Waals surface area (Å²) in [6.07, 6.45) is 5.36. The predicted octanol–water partition coefficient (Wildman–Crippen LogP) is -0.498. The van der Waals surface area contributed by atoms with E-state index < -0.39 is 0 Å². The lowest BCUT2D eigenvalue weighted by Gasteiger charge is -1.96. The van der Waals surface area contributed by atoms with Crippen molar-refractivity contribution in [2.24, 2.45) is 0 Å². The van der Waals surface area contributed by atoms with Crippen LogP contribution >= 0.6 is 0 Å². The fourth-order valence-corrected chi connectivity index (χ4v) is 1.00. The van der Waals surface area contributed by atoms with Crippen molar-refractivity contribution >= 4 is 10.8 Å². The van der Waals surface area contributed by atoms with Crippen LogP contribution in [0.1, 0.15) is 0 Å². The molecule has 2 aromatic heterocycles. The monoisotopic (exact) mass is 163 g/mol. The normalized spacial score (nSPS) is 10.3. The Labute approximate surface area is 67.7 Å². The van der Waals surface area contributed by atoms with Crippen molar-refractivity contribution in [3.8, 4) is 0 Å². The van der Waals surface area contributed by atoms with Crippen LogP contribution in [0.5, 0.6) is 0 Å². The summed E-state index contributed by atoms with van der Waals surface area (Å²) >= 11 is 0. The van der Waals surface area contributed by atoms with Crippen LogP contribution in [0.15, 0.2) is 30.9 Å². The number of nitrogens with zero attached hydrogens (tertiary/aromatic N) is 3. The van der Waals surface area contributed by atoms with Crippen molar-refractivity contribution in [1.29, 1.82) is 0 Å². The molecule has 0 N–H and O–H groups in total. The van der Waals surface area contributed by atoms with E-state index in [1.165, 1.54) is 24.8 Å². The first-order valence-electron chi connectivity index (χ1n) is 3.34. The lowest BCUT2D eigenvalue weighted by molar-refractivity contribution is -0.668. The molecular weight excluding hydrogens is 158 g/mol. The van der Waals surface area contributed by atoms with Gasteiger partial charge in [0.25, 0.3) is 0 Å². The van der Waals surface area contributed by atoms with Gasteiger partial charge in [0, 0.05) is 16.6 Å². The Morgan fingerprint density at radius 1 is 1.17 bits per heavy atom. The van der Waals surface area contributed by atoms with E-state index in [9.17, 15) is 10.4 Å². The zero-order valence-corrected chi connectivity index (χ0v) is 6.04. The number of pyridine rings is 1. The van der Waals surface area contributed by atoms with Crippen molar-refractivity contribution in [3.05, 3.63) is 41.3 Å². The minimum atomic E-state index is 0.419. The van der Waals surface area contributed by atoms with Crippen molar-refractivity contribution in [2.45, 2.75) is 0 Å². The van der Waals surface area contributed by atoms with Gasteiger partial charge < -0.3 is 10.4 Å². The largest absolute Gasteiger partial charge is 0.619 e. The lowest BCUT2D eigenvalue weighted by atomic mass is 10.3. The third kappa shape index (κ3) is 1.01. The SMILES string of the molecule is [O-][n+]1ccc2cn[n+]([O-])cc2c1. The maximum absolute atomic E-state index is 10.8. The van der Waals surface area contributed by atoms with Gasteiger partial charge >= 0.3 is 0 Å². The second-order valence-corrected chi connectivity index (χ2v) is 2.39. The smallest absolute Gasteiger partial charge is 0.223 e. The van der Waals surface area contributed by atoms with E-state index in [1.807, 2.05) is 0 Å². The second kappa shape index (κ2) is 2.30. The Hall–Kier alpha value is -1.91. The highest BCUT2D eigenvalue weighted by atomic mass is 16.5. The number of fused-ring (bicyclic) bond motifs is 1. The molecule has 60 valence electrons. The molecule has 0 radical (unpaired) electrons. The Morgan fingerprint density at radius 2 is 2.00 bits per heavy atom. The molecule has 12 heavy (non-hydrogen) atoms. The zero-order valence-electron chi connectivity index (χ0n) is 6.04. The van der Waals surface area contributed by atoms with Crippen LogP contribution in [0.25, 0.3) is 10.8 Å². The summed E-state index contributed by atoms with van der Waals surface area (Å²) in [6.45, 7) is 0. The Kier molecular flexibility index (Phi) is 1.30. The summed E-state index contributed by atoms with van der Waals surface area (Å²) in [5, 5.41) is 26.3. The summed E-state index contributed by atoms with van der Waals surface area (Å²) in [7, 11) is 0. The fraction of sp³-hybridized carbons (Fsp3) is 0. The molecule has 0 amide bonds. The first-order valence-corrected chi connectivity index (χ1v) is 3.34. The lowest BCUT2D eigenvalue weighted by Crippen LogP contribution is -2.31. The van der Waals surface area contributed by atoms with Gasteiger partial charge in [0.15, 0.2) is 12.4 Å². The molecule has 2 aromatic rings. The van der Waals surface area contributed by atoms with Gasteiger partial charge in [0.1, 0.15) is 11.6 Å². The molecule has 0 atom stereocenters. The second-order valence-electron chi connectivity index (χ2n) is 2.39. The van der Waals surface area contributed by atoms with E-state index in [4.69, 9.17) is 0 Å². The first-order chi connectivity index (χ1) is 5.75. The van der Waals surface area contributed by atoms with Gasteiger partial charge in [0.2, 0.25) is 6.20 Å². The summed E-state index contributed by atoms with van der Waals surface area (Å²) in [4.78, 5) is 0.419. The van der Waals surface area contributed by atoms with Crippen molar-refractivity contribution in [3.63, 3.8) is 0 Å². The van der Waals surface area contributed by atoms with Crippen LogP contribution in [-0.4, -0.2) is 5.10 Å². The molecule has 0 saturated carbocycles. The van der Waals surface area contributed by atoms with E-state index >= 15 is 0 Å². The molecule has 2 rings (SSSR count). The Balaban J connectivity index is 2.80. The molecule has 0 bridgehead atoms. The van der Waals surface area contributed by atoms with Crippen LogP contribution in [0.2, 0.25) is 0 Å². The van der Waals surface area contributed by atoms with E-state index in [2.05, 4.69) is 5.10 Å². The molecule has 0 unspecified atom stereocenters. The van der Waals surface area contributed by atoms with Gasteiger partial charge in [-0.15, -0.1) is 0 Å². The molecule has 0 fully saturated rings. The molecule has 0 aliphatic carbocycles. The quantitative estimate of drug-likeness (QED) is 0.388. The van der Waals surface area contributed by atoms with E-state index in [1.54, 1.807) is 6.07 Å². The van der Waals surface area contributed by atoms with E-state index in [0.717, 1.165) is 5.39 Å². The number of hydrogen-bond acceptors (Lipinski definition) is 3. The zero-order chi connectivity index (χ0) is 8.55. The van der Waals surface area contributed by atoms with E-state index in [-0.39, 0.29) is 0 Å². The van der Waals surface area contributed by atoms with E-state index in [0.29, 0.717) is 15.0 Å². The average molecular weight is 163 g/mol.